The van der Waals surface area contributed by atoms with Gasteiger partial charge in [0.25, 0.3) is 0 Å². The van der Waals surface area contributed by atoms with Gasteiger partial charge >= 0.3 is 0 Å². The van der Waals surface area contributed by atoms with E-state index in [2.05, 4.69) is 22.4 Å². The smallest absolute Gasteiger partial charge is 0.234 e. The number of benzene rings is 1. The molecule has 3 rings (SSSR count). The highest BCUT2D eigenvalue weighted by Gasteiger charge is 2.37. The van der Waals surface area contributed by atoms with Crippen LogP contribution in [0.25, 0.3) is 11.4 Å². The van der Waals surface area contributed by atoms with E-state index in [9.17, 15) is 0 Å². The summed E-state index contributed by atoms with van der Waals surface area (Å²) in [5.74, 6) is 1.23. The van der Waals surface area contributed by atoms with Gasteiger partial charge in [-0.05, 0) is 44.0 Å². The van der Waals surface area contributed by atoms with Crippen LogP contribution < -0.4 is 5.32 Å². The summed E-state index contributed by atoms with van der Waals surface area (Å²) in [6.45, 7) is 4.08. The van der Waals surface area contributed by atoms with Crippen LogP contribution in [-0.4, -0.2) is 23.2 Å². The zero-order valence-corrected chi connectivity index (χ0v) is 13.3. The van der Waals surface area contributed by atoms with Crippen molar-refractivity contribution in [2.75, 3.05) is 13.1 Å². The third-order valence-corrected chi connectivity index (χ3v) is 4.59. The van der Waals surface area contributed by atoms with Gasteiger partial charge in [-0.3, -0.25) is 0 Å². The minimum atomic E-state index is -0.0636. The Balaban J connectivity index is 1.95. The Morgan fingerprint density at radius 2 is 2.05 bits per heavy atom. The van der Waals surface area contributed by atoms with Crippen molar-refractivity contribution < 1.29 is 4.52 Å². The molecule has 112 valence electrons. The molecule has 0 amide bonds. The fraction of sp³-hybridized carbons (Fsp3) is 0.467. The summed E-state index contributed by atoms with van der Waals surface area (Å²) < 4.78 is 5.55. The van der Waals surface area contributed by atoms with Crippen LogP contribution in [0, 0.1) is 0 Å². The number of halogens is 2. The molecule has 1 aromatic heterocycles. The SMILES string of the molecule is CCC1(c2nc(-c3cc(Cl)cc(Cl)c3)no2)CCCNC1. The quantitative estimate of drug-likeness (QED) is 0.923. The Hall–Kier alpha value is -1.10. The number of piperidine rings is 1. The van der Waals surface area contributed by atoms with Gasteiger partial charge in [0.2, 0.25) is 11.7 Å². The van der Waals surface area contributed by atoms with Gasteiger partial charge in [-0.15, -0.1) is 0 Å². The lowest BCUT2D eigenvalue weighted by atomic mass is 9.78. The molecule has 6 heteroatoms. The minimum Gasteiger partial charge on any atom is -0.338 e. The van der Waals surface area contributed by atoms with Crippen molar-refractivity contribution in [3.8, 4) is 11.4 Å². The van der Waals surface area contributed by atoms with Crippen LogP contribution in [0.1, 0.15) is 32.1 Å². The number of rotatable bonds is 3. The minimum absolute atomic E-state index is 0.0636. The van der Waals surface area contributed by atoms with Crippen LogP contribution in [-0.2, 0) is 5.41 Å². The van der Waals surface area contributed by atoms with Gasteiger partial charge in [-0.2, -0.15) is 4.98 Å². The van der Waals surface area contributed by atoms with Crippen LogP contribution in [0.4, 0.5) is 0 Å². The molecule has 0 saturated carbocycles. The monoisotopic (exact) mass is 325 g/mol. The van der Waals surface area contributed by atoms with Crippen molar-refractivity contribution in [3.05, 3.63) is 34.1 Å². The van der Waals surface area contributed by atoms with E-state index in [4.69, 9.17) is 27.7 Å². The predicted molar refractivity (Wildman–Crippen MR) is 83.8 cm³/mol. The Bertz CT molecular complexity index is 615. The van der Waals surface area contributed by atoms with E-state index in [1.165, 1.54) is 0 Å². The number of aromatic nitrogens is 2. The Labute approximate surface area is 133 Å². The maximum atomic E-state index is 6.03. The summed E-state index contributed by atoms with van der Waals surface area (Å²) >= 11 is 12.1. The summed E-state index contributed by atoms with van der Waals surface area (Å²) in [4.78, 5) is 4.59. The molecule has 1 aliphatic rings. The molecule has 2 heterocycles. The van der Waals surface area contributed by atoms with Crippen molar-refractivity contribution in [3.63, 3.8) is 0 Å². The average molecular weight is 326 g/mol. The molecule has 0 radical (unpaired) electrons. The average Bonchev–Trinajstić information content (AvgIpc) is 2.97. The lowest BCUT2D eigenvalue weighted by molar-refractivity contribution is 0.221. The maximum absolute atomic E-state index is 6.03. The number of nitrogens with one attached hydrogen (secondary N) is 1. The first-order chi connectivity index (χ1) is 10.1. The molecule has 0 bridgehead atoms. The second-order valence-electron chi connectivity index (χ2n) is 5.50. The lowest BCUT2D eigenvalue weighted by Crippen LogP contribution is -2.43. The first-order valence-electron chi connectivity index (χ1n) is 7.14. The third-order valence-electron chi connectivity index (χ3n) is 4.15. The van der Waals surface area contributed by atoms with Crippen molar-refractivity contribution >= 4 is 23.2 Å². The molecule has 1 fully saturated rings. The Morgan fingerprint density at radius 1 is 1.29 bits per heavy atom. The summed E-state index contributed by atoms with van der Waals surface area (Å²) in [7, 11) is 0. The number of nitrogens with zero attached hydrogens (tertiary/aromatic N) is 2. The molecule has 1 aliphatic heterocycles. The fourth-order valence-corrected chi connectivity index (χ4v) is 3.37. The highest BCUT2D eigenvalue weighted by molar-refractivity contribution is 6.35. The van der Waals surface area contributed by atoms with Crippen LogP contribution in [0.3, 0.4) is 0 Å². The van der Waals surface area contributed by atoms with Gasteiger partial charge in [-0.1, -0.05) is 35.3 Å². The summed E-state index contributed by atoms with van der Waals surface area (Å²) in [6, 6.07) is 5.27. The summed E-state index contributed by atoms with van der Waals surface area (Å²) in [5, 5.41) is 8.65. The first-order valence-corrected chi connectivity index (χ1v) is 7.90. The van der Waals surface area contributed by atoms with E-state index >= 15 is 0 Å². The van der Waals surface area contributed by atoms with E-state index in [1.807, 2.05) is 0 Å². The second kappa shape index (κ2) is 5.95. The molecule has 0 spiro atoms. The Morgan fingerprint density at radius 3 is 2.67 bits per heavy atom. The lowest BCUT2D eigenvalue weighted by Gasteiger charge is -2.33. The molecule has 21 heavy (non-hydrogen) atoms. The topological polar surface area (TPSA) is 51.0 Å². The van der Waals surface area contributed by atoms with Crippen LogP contribution >= 0.6 is 23.2 Å². The van der Waals surface area contributed by atoms with Crippen molar-refractivity contribution in [1.29, 1.82) is 0 Å². The number of hydrogen-bond acceptors (Lipinski definition) is 4. The third kappa shape index (κ3) is 2.93. The standard InChI is InChI=1S/C15H17Cl2N3O/c1-2-15(4-3-5-18-9-15)14-19-13(20-21-14)10-6-11(16)8-12(17)7-10/h6-8,18H,2-5,9H2,1H3. The molecule has 0 aliphatic carbocycles. The molecule has 1 atom stereocenters. The van der Waals surface area contributed by atoms with Crippen LogP contribution in [0.2, 0.25) is 10.0 Å². The van der Waals surface area contributed by atoms with Gasteiger partial charge in [0.1, 0.15) is 0 Å². The molecule has 1 unspecified atom stereocenters. The van der Waals surface area contributed by atoms with Crippen molar-refractivity contribution in [2.24, 2.45) is 0 Å². The van der Waals surface area contributed by atoms with Gasteiger partial charge < -0.3 is 9.84 Å². The molecule has 1 N–H and O–H groups in total. The van der Waals surface area contributed by atoms with Gasteiger partial charge in [0, 0.05) is 22.2 Å². The molecular weight excluding hydrogens is 309 g/mol. The summed E-state index contributed by atoms with van der Waals surface area (Å²) in [6.07, 6.45) is 3.15. The van der Waals surface area contributed by atoms with E-state index < -0.39 is 0 Å². The van der Waals surface area contributed by atoms with E-state index in [0.717, 1.165) is 37.9 Å². The predicted octanol–water partition coefficient (Wildman–Crippen LogP) is 4.07. The largest absolute Gasteiger partial charge is 0.338 e. The van der Waals surface area contributed by atoms with E-state index in [1.54, 1.807) is 18.2 Å². The van der Waals surface area contributed by atoms with Crippen LogP contribution in [0.15, 0.2) is 22.7 Å². The van der Waals surface area contributed by atoms with Crippen LogP contribution in [0.5, 0.6) is 0 Å². The van der Waals surface area contributed by atoms with Crippen molar-refractivity contribution in [2.45, 2.75) is 31.6 Å². The zero-order valence-electron chi connectivity index (χ0n) is 11.8. The van der Waals surface area contributed by atoms with Gasteiger partial charge in [0.15, 0.2) is 0 Å². The highest BCUT2D eigenvalue weighted by atomic mass is 35.5. The van der Waals surface area contributed by atoms with E-state index in [0.29, 0.717) is 21.8 Å². The number of hydrogen-bond donors (Lipinski definition) is 1. The maximum Gasteiger partial charge on any atom is 0.234 e. The molecular formula is C15H17Cl2N3O. The first kappa shape index (κ1) is 14.8. The van der Waals surface area contributed by atoms with E-state index in [-0.39, 0.29) is 5.41 Å². The fourth-order valence-electron chi connectivity index (χ4n) is 2.84. The molecule has 1 saturated heterocycles. The molecule has 2 aromatic rings. The van der Waals surface area contributed by atoms with Gasteiger partial charge in [0.05, 0.1) is 5.41 Å². The second-order valence-corrected chi connectivity index (χ2v) is 6.37. The molecule has 1 aromatic carbocycles. The van der Waals surface area contributed by atoms with Crippen molar-refractivity contribution in [1.82, 2.24) is 15.5 Å². The molecule has 4 nitrogen and oxygen atoms in total. The Kier molecular flexibility index (Phi) is 4.20. The van der Waals surface area contributed by atoms with Gasteiger partial charge in [-0.25, -0.2) is 0 Å². The summed E-state index contributed by atoms with van der Waals surface area (Å²) in [5.41, 5.74) is 0.712. The normalized spacial score (nSPS) is 22.4. The highest BCUT2D eigenvalue weighted by Crippen LogP contribution is 2.35. The zero-order chi connectivity index (χ0) is 14.9.